The summed E-state index contributed by atoms with van der Waals surface area (Å²) in [6.07, 6.45) is 9.99. The molecule has 256 valence electrons. The summed E-state index contributed by atoms with van der Waals surface area (Å²) in [4.78, 5) is 18.6. The number of ether oxygens (including phenoxy) is 1. The van der Waals surface area contributed by atoms with E-state index in [0.29, 0.717) is 18.1 Å². The van der Waals surface area contributed by atoms with E-state index in [2.05, 4.69) is 39.4 Å². The van der Waals surface area contributed by atoms with Crippen LogP contribution in [0.2, 0.25) is 5.02 Å². The van der Waals surface area contributed by atoms with Crippen LogP contribution in [0.25, 0.3) is 0 Å². The normalized spacial score (nSPS) is 36.4. The van der Waals surface area contributed by atoms with E-state index >= 15 is 0 Å². The number of nitrogens with zero attached hydrogens (tertiary/aromatic N) is 2. The molecule has 2 aromatic rings. The minimum atomic E-state index is -2.92. The molecule has 5 aliphatic rings. The molecule has 2 aromatic carbocycles. The van der Waals surface area contributed by atoms with E-state index in [1.54, 1.807) is 6.07 Å². The molecule has 2 bridgehead atoms. The van der Waals surface area contributed by atoms with Crippen molar-refractivity contribution in [2.75, 3.05) is 44.2 Å². The van der Waals surface area contributed by atoms with E-state index in [1.165, 1.54) is 24.0 Å². The van der Waals surface area contributed by atoms with Crippen LogP contribution in [0.4, 0.5) is 5.69 Å². The van der Waals surface area contributed by atoms with Gasteiger partial charge in [-0.2, -0.15) is 0 Å². The third-order valence-corrected chi connectivity index (χ3v) is 14.9. The minimum absolute atomic E-state index is 0.0850. The van der Waals surface area contributed by atoms with Gasteiger partial charge in [0.05, 0.1) is 27.6 Å². The van der Waals surface area contributed by atoms with Gasteiger partial charge < -0.3 is 19.6 Å². The van der Waals surface area contributed by atoms with Gasteiger partial charge in [0.1, 0.15) is 5.75 Å². The molecule has 2 N–H and O–H groups in total. The molecule has 1 spiro atoms. The summed E-state index contributed by atoms with van der Waals surface area (Å²) in [5, 5.41) is 13.1. The van der Waals surface area contributed by atoms with Crippen LogP contribution in [-0.4, -0.2) is 76.2 Å². The van der Waals surface area contributed by atoms with Gasteiger partial charge in [-0.3, -0.25) is 9.52 Å². The van der Waals surface area contributed by atoms with Crippen LogP contribution in [0, 0.1) is 17.8 Å². The van der Waals surface area contributed by atoms with E-state index in [9.17, 15) is 14.1 Å². The SMILES string of the molecule is C=S1(=O)NC(=O)c2ccc3c(c2)N(C[C@@H]2CC[C@H]2[C@@](O)(CN2CCCC2)CCC[C@H](C)[C@H]1C)C[C@@]1(CCCc2cc(Cl)ccc21)CO3. The van der Waals surface area contributed by atoms with Gasteiger partial charge in [0.15, 0.2) is 0 Å². The average molecular weight is 682 g/mol. The molecule has 1 amide bonds. The second kappa shape index (κ2) is 12.9. The molecular weight excluding hydrogens is 630 g/mol. The zero-order valence-corrected chi connectivity index (χ0v) is 29.7. The quantitative estimate of drug-likeness (QED) is 0.366. The van der Waals surface area contributed by atoms with Crippen molar-refractivity contribution in [3.05, 3.63) is 58.1 Å². The van der Waals surface area contributed by atoms with Gasteiger partial charge in [0.2, 0.25) is 0 Å². The first kappa shape index (κ1) is 33.2. The van der Waals surface area contributed by atoms with Crippen molar-refractivity contribution in [2.24, 2.45) is 17.8 Å². The predicted molar refractivity (Wildman–Crippen MR) is 192 cm³/mol. The molecule has 0 aromatic heterocycles. The van der Waals surface area contributed by atoms with Crippen LogP contribution < -0.4 is 14.4 Å². The molecule has 0 radical (unpaired) electrons. The molecule has 7 atom stereocenters. The fourth-order valence-electron chi connectivity index (χ4n) is 9.39. The highest BCUT2D eigenvalue weighted by Crippen LogP contribution is 2.49. The Hall–Kier alpha value is -2.26. The molecule has 2 aliphatic carbocycles. The Balaban J connectivity index is 1.29. The lowest BCUT2D eigenvalue weighted by Gasteiger charge is -2.51. The number of likely N-dealkylation sites (tertiary alicyclic amines) is 1. The summed E-state index contributed by atoms with van der Waals surface area (Å²) in [5.41, 5.74) is 2.96. The van der Waals surface area contributed by atoms with Crippen LogP contribution in [0.3, 0.4) is 0 Å². The van der Waals surface area contributed by atoms with Crippen LogP contribution >= 0.6 is 11.6 Å². The van der Waals surface area contributed by atoms with Crippen molar-refractivity contribution in [1.29, 1.82) is 0 Å². The van der Waals surface area contributed by atoms with E-state index in [0.717, 1.165) is 101 Å². The number of hydrogen-bond donors (Lipinski definition) is 2. The second-order valence-electron chi connectivity index (χ2n) is 15.5. The highest BCUT2D eigenvalue weighted by molar-refractivity contribution is 7.99. The summed E-state index contributed by atoms with van der Waals surface area (Å²) < 4.78 is 23.4. The summed E-state index contributed by atoms with van der Waals surface area (Å²) >= 11 is 6.47. The third-order valence-electron chi connectivity index (χ3n) is 12.5. The lowest BCUT2D eigenvalue weighted by Crippen LogP contribution is -2.56. The highest BCUT2D eigenvalue weighted by Gasteiger charge is 2.49. The Morgan fingerprint density at radius 3 is 2.64 bits per heavy atom. The number of anilines is 1. The molecule has 1 saturated carbocycles. The van der Waals surface area contributed by atoms with E-state index in [4.69, 9.17) is 16.3 Å². The van der Waals surface area contributed by atoms with Crippen LogP contribution in [0.5, 0.6) is 5.75 Å². The second-order valence-corrected chi connectivity index (χ2v) is 18.4. The highest BCUT2D eigenvalue weighted by atomic mass is 35.5. The molecular formula is C38H52ClN3O4S. The standard InChI is InChI=1S/C38H52ClN3O4S/c1-26-8-6-17-38(44,24-41-18-4-5-19-41)33-13-10-30(33)22-42-23-37(16-7-9-28-20-31(39)12-14-32(28)37)25-46-35-15-11-29(21-34(35)42)36(43)40-47(3,45)27(26)2/h11-12,14-15,20-21,26-27,30,33,44H,3-10,13,16-19,22-25H2,1-2H3,(H,40,43,45)/t26-,27+,30-,33+,37-,38-,47?/m0/s1. The number of benzene rings is 2. The number of aliphatic hydroxyl groups is 1. The van der Waals surface area contributed by atoms with Crippen molar-refractivity contribution in [3.63, 3.8) is 0 Å². The van der Waals surface area contributed by atoms with Crippen molar-refractivity contribution < 1.29 is 18.8 Å². The molecule has 2 fully saturated rings. The predicted octanol–water partition coefficient (Wildman–Crippen LogP) is 6.24. The van der Waals surface area contributed by atoms with Crippen molar-refractivity contribution in [2.45, 2.75) is 94.3 Å². The largest absolute Gasteiger partial charge is 0.490 e. The van der Waals surface area contributed by atoms with Gasteiger partial charge in [-0.15, -0.1) is 0 Å². The number of hydrogen-bond acceptors (Lipinski definition) is 6. The third kappa shape index (κ3) is 6.44. The number of rotatable bonds is 2. The maximum absolute atomic E-state index is 13.9. The Morgan fingerprint density at radius 1 is 1.06 bits per heavy atom. The summed E-state index contributed by atoms with van der Waals surface area (Å²) in [6.45, 7) is 8.97. The number of carbonyl (C=O) groups excluding carboxylic acids is 1. The summed E-state index contributed by atoms with van der Waals surface area (Å²) in [5.74, 6) is 5.06. The Kier molecular flexibility index (Phi) is 9.12. The lowest BCUT2D eigenvalue weighted by atomic mass is 9.62. The number of aryl methyl sites for hydroxylation is 1. The monoisotopic (exact) mass is 681 g/mol. The van der Waals surface area contributed by atoms with Gasteiger partial charge in [0.25, 0.3) is 5.91 Å². The molecule has 3 aliphatic heterocycles. The number of halogens is 1. The first-order valence-corrected chi connectivity index (χ1v) is 20.1. The maximum Gasteiger partial charge on any atom is 0.262 e. The molecule has 7 rings (SSSR count). The fourth-order valence-corrected chi connectivity index (χ4v) is 11.1. The number of amides is 1. The molecule has 9 heteroatoms. The van der Waals surface area contributed by atoms with E-state index < -0.39 is 15.3 Å². The van der Waals surface area contributed by atoms with Gasteiger partial charge in [0, 0.05) is 40.9 Å². The molecule has 7 nitrogen and oxygen atoms in total. The van der Waals surface area contributed by atoms with Crippen molar-refractivity contribution >= 4 is 38.8 Å². The van der Waals surface area contributed by atoms with Gasteiger partial charge in [-0.25, -0.2) is 4.21 Å². The van der Waals surface area contributed by atoms with Gasteiger partial charge in [-0.05, 0) is 143 Å². The van der Waals surface area contributed by atoms with Gasteiger partial charge >= 0.3 is 0 Å². The van der Waals surface area contributed by atoms with Crippen molar-refractivity contribution in [3.8, 4) is 5.75 Å². The number of carbonyl (C=O) groups is 1. The summed E-state index contributed by atoms with van der Waals surface area (Å²) in [7, 11) is -2.92. The number of β-amino-alcohol motifs (C(OH)–C–C–N with tert-alkyl or cyclic N) is 1. The van der Waals surface area contributed by atoms with E-state index in [-0.39, 0.29) is 28.4 Å². The fraction of sp³-hybridized carbons (Fsp3) is 0.632. The Bertz CT molecular complexity index is 1610. The van der Waals surface area contributed by atoms with Crippen molar-refractivity contribution in [1.82, 2.24) is 9.62 Å². The Morgan fingerprint density at radius 2 is 1.87 bits per heavy atom. The first-order chi connectivity index (χ1) is 22.5. The maximum atomic E-state index is 13.9. The number of fused-ring (bicyclic) bond motifs is 4. The average Bonchev–Trinajstić information content (AvgIpc) is 3.47. The lowest BCUT2D eigenvalue weighted by molar-refractivity contribution is -0.103. The number of nitrogens with one attached hydrogen (secondary N) is 1. The zero-order chi connectivity index (χ0) is 33.0. The van der Waals surface area contributed by atoms with Crippen LogP contribution in [0.1, 0.15) is 93.1 Å². The zero-order valence-electron chi connectivity index (χ0n) is 28.1. The molecule has 1 unspecified atom stereocenters. The topological polar surface area (TPSA) is 82.1 Å². The summed E-state index contributed by atoms with van der Waals surface area (Å²) in [6, 6.07) is 11.9. The molecule has 1 saturated heterocycles. The smallest absolute Gasteiger partial charge is 0.262 e. The van der Waals surface area contributed by atoms with Crippen LogP contribution in [-0.2, 0) is 21.5 Å². The van der Waals surface area contributed by atoms with Gasteiger partial charge in [-0.1, -0.05) is 31.0 Å². The first-order valence-electron chi connectivity index (χ1n) is 17.9. The Labute approximate surface area is 286 Å². The van der Waals surface area contributed by atoms with Crippen LogP contribution in [0.15, 0.2) is 36.4 Å². The minimum Gasteiger partial charge on any atom is -0.490 e. The van der Waals surface area contributed by atoms with E-state index in [1.807, 2.05) is 25.1 Å². The molecule has 47 heavy (non-hydrogen) atoms. The molecule has 3 heterocycles.